The molecule has 0 aliphatic carbocycles. The number of rotatable bonds is 5. The molecule has 0 aliphatic heterocycles. The summed E-state index contributed by atoms with van der Waals surface area (Å²) in [4.78, 5) is 48.7. The van der Waals surface area contributed by atoms with Crippen LogP contribution in [0.15, 0.2) is 79.4 Å². The van der Waals surface area contributed by atoms with Crippen LogP contribution in [0.1, 0.15) is 20.8 Å². The summed E-state index contributed by atoms with van der Waals surface area (Å²) in [5.74, 6) is -0.507. The van der Waals surface area contributed by atoms with Crippen LogP contribution in [0.5, 0.6) is 0 Å². The van der Waals surface area contributed by atoms with Gasteiger partial charge < -0.3 is 9.26 Å². The van der Waals surface area contributed by atoms with E-state index in [0.717, 1.165) is 20.0 Å². The number of pyridine rings is 1. The summed E-state index contributed by atoms with van der Waals surface area (Å²) in [5, 5.41) is 4.76. The number of carbonyl (C=O) groups excluding carboxylic acids is 1. The second-order valence-electron chi connectivity index (χ2n) is 9.52. The van der Waals surface area contributed by atoms with Crippen molar-refractivity contribution in [3.8, 4) is 34.1 Å². The number of hydrogen-bond acceptors (Lipinski definition) is 8. The lowest BCUT2D eigenvalue weighted by atomic mass is 10.0. The second kappa shape index (κ2) is 9.82. The van der Waals surface area contributed by atoms with Gasteiger partial charge in [0.2, 0.25) is 5.82 Å². The quantitative estimate of drug-likeness (QED) is 0.301. The lowest BCUT2D eigenvalue weighted by molar-refractivity contribution is -0.155. The fourth-order valence-corrected chi connectivity index (χ4v) is 4.23. The number of ether oxygens (including phenoxy) is 1. The molecule has 0 unspecified atom stereocenters. The van der Waals surface area contributed by atoms with Crippen molar-refractivity contribution in [1.29, 1.82) is 0 Å². The number of esters is 1. The smallest absolute Gasteiger partial charge is 0.328 e. The van der Waals surface area contributed by atoms with E-state index in [1.165, 1.54) is 6.20 Å². The maximum absolute atomic E-state index is 12.6. The summed E-state index contributed by atoms with van der Waals surface area (Å²) < 4.78 is 12.8. The van der Waals surface area contributed by atoms with E-state index in [1.54, 1.807) is 20.8 Å². The average Bonchev–Trinajstić information content (AvgIpc) is 3.34. The van der Waals surface area contributed by atoms with Gasteiger partial charge >= 0.3 is 11.7 Å². The molecular formula is C27H22BrN5O5. The third-order valence-electron chi connectivity index (χ3n) is 5.47. The molecule has 5 aromatic rings. The Morgan fingerprint density at radius 2 is 1.82 bits per heavy atom. The van der Waals surface area contributed by atoms with Gasteiger partial charge in [-0.15, -0.1) is 0 Å². The Hall–Kier alpha value is -4.38. The molecule has 0 bridgehead atoms. The monoisotopic (exact) mass is 575 g/mol. The van der Waals surface area contributed by atoms with Crippen molar-refractivity contribution < 1.29 is 14.1 Å². The molecule has 192 valence electrons. The number of nitrogens with zero attached hydrogens (tertiary/aromatic N) is 4. The lowest BCUT2D eigenvalue weighted by Crippen LogP contribution is -2.35. The predicted octanol–water partition coefficient (Wildman–Crippen LogP) is 4.57. The Morgan fingerprint density at radius 1 is 1.05 bits per heavy atom. The highest BCUT2D eigenvalue weighted by Crippen LogP contribution is 2.33. The zero-order valence-electron chi connectivity index (χ0n) is 20.7. The molecule has 3 aromatic heterocycles. The Labute approximate surface area is 224 Å². The van der Waals surface area contributed by atoms with Crippen molar-refractivity contribution in [3.05, 3.63) is 86.1 Å². The van der Waals surface area contributed by atoms with Gasteiger partial charge in [0.15, 0.2) is 0 Å². The largest absolute Gasteiger partial charge is 0.459 e. The van der Waals surface area contributed by atoms with Crippen LogP contribution in [-0.4, -0.2) is 36.2 Å². The van der Waals surface area contributed by atoms with Crippen LogP contribution in [0.2, 0.25) is 0 Å². The molecule has 1 N–H and O–H groups in total. The van der Waals surface area contributed by atoms with E-state index in [1.807, 2.05) is 54.6 Å². The van der Waals surface area contributed by atoms with Crippen molar-refractivity contribution in [3.63, 3.8) is 0 Å². The van der Waals surface area contributed by atoms with E-state index < -0.39 is 29.4 Å². The predicted molar refractivity (Wildman–Crippen MR) is 144 cm³/mol. The molecule has 0 saturated heterocycles. The third-order valence-corrected chi connectivity index (χ3v) is 5.96. The Kier molecular flexibility index (Phi) is 6.53. The van der Waals surface area contributed by atoms with E-state index >= 15 is 0 Å². The molecule has 2 aromatic carbocycles. The SMILES string of the molecule is CC(C)(C)OC(=O)Cn1cc(-c2noc(-c3cc(-c4ccccc4)nc4cc(Br)ccc34)n2)c(=O)[nH]c1=O. The van der Waals surface area contributed by atoms with Gasteiger partial charge in [0, 0.05) is 21.6 Å². The standard InChI is InChI=1S/C27H22BrN5O5/c1-27(2,3)37-22(34)14-33-13-19(24(35)31-26(33)36)23-30-25(38-32-23)18-12-20(15-7-5-4-6-8-15)29-21-11-16(28)9-10-17(18)21/h4-13H,14H2,1-3H3,(H,31,35,36). The van der Waals surface area contributed by atoms with Gasteiger partial charge in [-0.3, -0.25) is 19.1 Å². The molecule has 3 heterocycles. The molecule has 38 heavy (non-hydrogen) atoms. The van der Waals surface area contributed by atoms with Gasteiger partial charge in [-0.25, -0.2) is 9.78 Å². The minimum Gasteiger partial charge on any atom is -0.459 e. The molecule has 11 heteroatoms. The molecule has 0 atom stereocenters. The minimum absolute atomic E-state index is 0.0347. The van der Waals surface area contributed by atoms with Crippen molar-refractivity contribution in [2.24, 2.45) is 0 Å². The molecule has 0 spiro atoms. The zero-order valence-corrected chi connectivity index (χ0v) is 22.3. The van der Waals surface area contributed by atoms with Crippen molar-refractivity contribution >= 4 is 32.8 Å². The summed E-state index contributed by atoms with van der Waals surface area (Å²) >= 11 is 3.49. The Bertz CT molecular complexity index is 1780. The first-order valence-electron chi connectivity index (χ1n) is 11.6. The van der Waals surface area contributed by atoms with Gasteiger partial charge in [-0.1, -0.05) is 57.5 Å². The number of aromatic nitrogens is 5. The number of carbonyl (C=O) groups is 1. The number of halogens is 1. The van der Waals surface area contributed by atoms with E-state index in [4.69, 9.17) is 14.2 Å². The van der Waals surface area contributed by atoms with Crippen LogP contribution >= 0.6 is 15.9 Å². The number of fused-ring (bicyclic) bond motifs is 1. The minimum atomic E-state index is -0.758. The van der Waals surface area contributed by atoms with Gasteiger partial charge in [-0.05, 0) is 39.0 Å². The van der Waals surface area contributed by atoms with Gasteiger partial charge in [0.1, 0.15) is 17.7 Å². The highest BCUT2D eigenvalue weighted by Gasteiger charge is 2.21. The Balaban J connectivity index is 1.58. The summed E-state index contributed by atoms with van der Waals surface area (Å²) in [6, 6.07) is 17.2. The highest BCUT2D eigenvalue weighted by molar-refractivity contribution is 9.10. The van der Waals surface area contributed by atoms with Crippen molar-refractivity contribution in [2.75, 3.05) is 0 Å². The summed E-state index contributed by atoms with van der Waals surface area (Å²) in [7, 11) is 0. The van der Waals surface area contributed by atoms with E-state index in [0.29, 0.717) is 16.8 Å². The van der Waals surface area contributed by atoms with Gasteiger partial charge in [0.25, 0.3) is 11.4 Å². The van der Waals surface area contributed by atoms with Crippen LogP contribution < -0.4 is 11.2 Å². The number of aromatic amines is 1. The molecule has 0 amide bonds. The highest BCUT2D eigenvalue weighted by atomic mass is 79.9. The molecular weight excluding hydrogens is 554 g/mol. The maximum Gasteiger partial charge on any atom is 0.328 e. The molecule has 0 saturated carbocycles. The summed E-state index contributed by atoms with van der Waals surface area (Å²) in [6.07, 6.45) is 1.22. The molecule has 5 rings (SSSR count). The maximum atomic E-state index is 12.6. The van der Waals surface area contributed by atoms with Crippen LogP contribution in [0.25, 0.3) is 45.0 Å². The summed E-state index contributed by atoms with van der Waals surface area (Å²) in [6.45, 7) is 4.77. The fourth-order valence-electron chi connectivity index (χ4n) is 3.88. The second-order valence-corrected chi connectivity index (χ2v) is 10.4. The van der Waals surface area contributed by atoms with Crippen LogP contribution in [-0.2, 0) is 16.1 Å². The first-order chi connectivity index (χ1) is 18.1. The van der Waals surface area contributed by atoms with E-state index in [9.17, 15) is 14.4 Å². The lowest BCUT2D eigenvalue weighted by Gasteiger charge is -2.19. The fraction of sp³-hybridized carbons (Fsp3) is 0.185. The van der Waals surface area contributed by atoms with Crippen LogP contribution in [0.4, 0.5) is 0 Å². The van der Waals surface area contributed by atoms with E-state index in [2.05, 4.69) is 31.1 Å². The molecule has 0 radical (unpaired) electrons. The number of benzene rings is 2. The van der Waals surface area contributed by atoms with Gasteiger partial charge in [-0.2, -0.15) is 4.98 Å². The first-order valence-corrected chi connectivity index (χ1v) is 12.4. The van der Waals surface area contributed by atoms with Crippen molar-refractivity contribution in [2.45, 2.75) is 32.9 Å². The Morgan fingerprint density at radius 3 is 2.55 bits per heavy atom. The van der Waals surface area contributed by atoms with Crippen LogP contribution in [0, 0.1) is 0 Å². The molecule has 10 nitrogen and oxygen atoms in total. The number of H-pyrrole nitrogens is 1. The third kappa shape index (κ3) is 5.32. The molecule has 0 fully saturated rings. The zero-order chi connectivity index (χ0) is 27.0. The topological polar surface area (TPSA) is 133 Å². The molecule has 0 aliphatic rings. The van der Waals surface area contributed by atoms with Gasteiger partial charge in [0.05, 0.1) is 16.8 Å². The van der Waals surface area contributed by atoms with E-state index in [-0.39, 0.29) is 17.3 Å². The normalized spacial score (nSPS) is 11.6. The average molecular weight is 576 g/mol. The number of hydrogen-bond donors (Lipinski definition) is 1. The van der Waals surface area contributed by atoms with Crippen LogP contribution in [0.3, 0.4) is 0 Å². The summed E-state index contributed by atoms with van der Waals surface area (Å²) in [5.41, 5.74) is 0.708. The first kappa shape index (κ1) is 25.3. The van der Waals surface area contributed by atoms with Crippen molar-refractivity contribution in [1.82, 2.24) is 24.7 Å². The number of nitrogens with one attached hydrogen (secondary N) is 1.